The predicted molar refractivity (Wildman–Crippen MR) is 94.7 cm³/mol. The van der Waals surface area contributed by atoms with Crippen LogP contribution >= 0.6 is 11.6 Å². The molecule has 1 nitrogen and oxygen atoms in total. The van der Waals surface area contributed by atoms with E-state index in [0.717, 1.165) is 16.1 Å². The van der Waals surface area contributed by atoms with Crippen molar-refractivity contribution in [1.82, 2.24) is 0 Å². The van der Waals surface area contributed by atoms with E-state index in [1.165, 1.54) is 10.8 Å². The van der Waals surface area contributed by atoms with Gasteiger partial charge in [-0.15, -0.1) is 0 Å². The summed E-state index contributed by atoms with van der Waals surface area (Å²) in [5.41, 5.74) is 2.07. The van der Waals surface area contributed by atoms with E-state index in [1.54, 1.807) is 0 Å². The number of aliphatic imine (C=N–C) groups is 1. The van der Waals surface area contributed by atoms with Crippen LogP contribution in [-0.2, 0) is 0 Å². The van der Waals surface area contributed by atoms with E-state index in [1.807, 2.05) is 54.7 Å². The van der Waals surface area contributed by atoms with E-state index in [-0.39, 0.29) is 0 Å². The first-order chi connectivity index (χ1) is 10.8. The lowest BCUT2D eigenvalue weighted by Crippen LogP contribution is -1.83. The molecule has 0 N–H and O–H groups in total. The number of fused-ring (bicyclic) bond motifs is 1. The van der Waals surface area contributed by atoms with Crippen molar-refractivity contribution < 1.29 is 0 Å². The fraction of sp³-hybridized carbons (Fsp3) is 0.0500. The molecule has 3 aromatic rings. The molecule has 0 aromatic heterocycles. The van der Waals surface area contributed by atoms with Crippen LogP contribution in [-0.4, -0.2) is 12.8 Å². The second-order valence-corrected chi connectivity index (χ2v) is 5.29. The quantitative estimate of drug-likeness (QED) is 0.468. The van der Waals surface area contributed by atoms with Crippen molar-refractivity contribution in [2.75, 3.05) is 6.54 Å². The molecular formula is C20H14ClN. The summed E-state index contributed by atoms with van der Waals surface area (Å²) in [5, 5.41) is 3.12. The summed E-state index contributed by atoms with van der Waals surface area (Å²) in [6.45, 7) is 0.478. The number of nitrogens with zero attached hydrogens (tertiary/aromatic N) is 1. The highest BCUT2D eigenvalue weighted by molar-refractivity contribution is 6.30. The smallest absolute Gasteiger partial charge is 0.100 e. The summed E-state index contributed by atoms with van der Waals surface area (Å²) in [6.07, 6.45) is 1.81. The molecule has 3 rings (SSSR count). The van der Waals surface area contributed by atoms with Gasteiger partial charge in [-0.2, -0.15) is 0 Å². The number of rotatable bonds is 2. The van der Waals surface area contributed by atoms with Crippen molar-refractivity contribution in [3.63, 3.8) is 0 Å². The average molecular weight is 304 g/mol. The van der Waals surface area contributed by atoms with Gasteiger partial charge in [0.25, 0.3) is 0 Å². The maximum absolute atomic E-state index is 5.84. The molecule has 0 spiro atoms. The zero-order valence-electron chi connectivity index (χ0n) is 12.0. The van der Waals surface area contributed by atoms with Crippen molar-refractivity contribution in [2.24, 2.45) is 4.99 Å². The van der Waals surface area contributed by atoms with E-state index in [2.05, 4.69) is 35.0 Å². The molecule has 0 aliphatic heterocycles. The summed E-state index contributed by atoms with van der Waals surface area (Å²) in [4.78, 5) is 4.32. The van der Waals surface area contributed by atoms with Crippen LogP contribution in [0, 0.1) is 11.8 Å². The Kier molecular flexibility index (Phi) is 4.53. The molecule has 0 aliphatic carbocycles. The summed E-state index contributed by atoms with van der Waals surface area (Å²) in [6, 6.07) is 22.0. The highest BCUT2D eigenvalue weighted by atomic mass is 35.5. The van der Waals surface area contributed by atoms with Gasteiger partial charge in [-0.1, -0.05) is 72.0 Å². The van der Waals surface area contributed by atoms with Gasteiger partial charge in [0.05, 0.1) is 0 Å². The normalized spacial score (nSPS) is 10.6. The topological polar surface area (TPSA) is 12.4 Å². The zero-order valence-corrected chi connectivity index (χ0v) is 12.7. The first kappa shape index (κ1) is 14.4. The van der Waals surface area contributed by atoms with Gasteiger partial charge in [0.1, 0.15) is 6.54 Å². The molecule has 0 bridgehead atoms. The Labute approximate surface area is 135 Å². The molecule has 0 atom stereocenters. The number of benzene rings is 3. The van der Waals surface area contributed by atoms with Crippen molar-refractivity contribution in [2.45, 2.75) is 0 Å². The van der Waals surface area contributed by atoms with Gasteiger partial charge in [-0.25, -0.2) is 0 Å². The molecule has 0 heterocycles. The van der Waals surface area contributed by atoms with Crippen LogP contribution < -0.4 is 0 Å². The first-order valence-corrected chi connectivity index (χ1v) is 7.43. The molecule has 106 valence electrons. The third kappa shape index (κ3) is 3.55. The van der Waals surface area contributed by atoms with E-state index in [0.29, 0.717) is 6.54 Å². The summed E-state index contributed by atoms with van der Waals surface area (Å²) < 4.78 is 0. The van der Waals surface area contributed by atoms with Crippen LogP contribution in [0.2, 0.25) is 5.02 Å². The first-order valence-electron chi connectivity index (χ1n) is 7.05. The van der Waals surface area contributed by atoms with Gasteiger partial charge in [0.15, 0.2) is 0 Å². The fourth-order valence-corrected chi connectivity index (χ4v) is 2.34. The Balaban J connectivity index is 1.71. The molecule has 3 aromatic carbocycles. The van der Waals surface area contributed by atoms with Crippen LogP contribution in [0.4, 0.5) is 0 Å². The van der Waals surface area contributed by atoms with E-state index < -0.39 is 0 Å². The lowest BCUT2D eigenvalue weighted by Gasteiger charge is -1.99. The minimum Gasteiger partial charge on any atom is -0.280 e. The molecule has 0 fully saturated rings. The maximum Gasteiger partial charge on any atom is 0.100 e. The van der Waals surface area contributed by atoms with Crippen LogP contribution in [0.3, 0.4) is 0 Å². The summed E-state index contributed by atoms with van der Waals surface area (Å²) in [7, 11) is 0. The zero-order chi connectivity index (χ0) is 15.2. The van der Waals surface area contributed by atoms with Gasteiger partial charge < -0.3 is 0 Å². The van der Waals surface area contributed by atoms with Gasteiger partial charge in [-0.05, 0) is 34.5 Å². The largest absolute Gasteiger partial charge is 0.280 e. The van der Waals surface area contributed by atoms with Gasteiger partial charge in [0, 0.05) is 16.8 Å². The number of halogens is 1. The average Bonchev–Trinajstić information content (AvgIpc) is 2.56. The Morgan fingerprint density at radius 1 is 0.909 bits per heavy atom. The van der Waals surface area contributed by atoms with E-state index >= 15 is 0 Å². The van der Waals surface area contributed by atoms with E-state index in [4.69, 9.17) is 11.6 Å². The highest BCUT2D eigenvalue weighted by Gasteiger charge is 1.95. The molecule has 0 unspecified atom stereocenters. The van der Waals surface area contributed by atoms with Crippen LogP contribution in [0.5, 0.6) is 0 Å². The lowest BCUT2D eigenvalue weighted by molar-refractivity contribution is 1.30. The molecule has 0 aliphatic rings. The number of hydrogen-bond donors (Lipinski definition) is 0. The predicted octanol–water partition coefficient (Wildman–Crippen LogP) is 4.96. The minimum absolute atomic E-state index is 0.478. The Bertz CT molecular complexity index is 862. The maximum atomic E-state index is 5.84. The van der Waals surface area contributed by atoms with Gasteiger partial charge in [-0.3, -0.25) is 4.99 Å². The van der Waals surface area contributed by atoms with Crippen LogP contribution in [0.25, 0.3) is 10.8 Å². The van der Waals surface area contributed by atoms with Crippen molar-refractivity contribution >= 4 is 28.6 Å². The lowest BCUT2D eigenvalue weighted by atomic mass is 10.1. The Hall–Kier alpha value is -2.56. The van der Waals surface area contributed by atoms with Crippen LogP contribution in [0.15, 0.2) is 71.7 Å². The SMILES string of the molecule is Clc1ccc(/C=N/CC#Cc2cccc3ccccc23)cc1. The summed E-state index contributed by atoms with van der Waals surface area (Å²) in [5.74, 6) is 6.30. The number of hydrogen-bond acceptors (Lipinski definition) is 1. The monoisotopic (exact) mass is 303 g/mol. The molecule has 0 saturated heterocycles. The fourth-order valence-electron chi connectivity index (χ4n) is 2.21. The molecule has 0 saturated carbocycles. The second-order valence-electron chi connectivity index (χ2n) is 4.85. The standard InChI is InChI=1S/C20H14ClN/c21-19-12-10-16(11-13-19)15-22-14-4-8-18-7-3-6-17-5-1-2-9-20(17)18/h1-3,5-7,9-13,15H,14H2/b22-15+. The van der Waals surface area contributed by atoms with Crippen molar-refractivity contribution in [3.05, 3.63) is 82.9 Å². The molecular weight excluding hydrogens is 290 g/mol. The molecule has 0 amide bonds. The second kappa shape index (κ2) is 6.93. The Morgan fingerprint density at radius 3 is 2.55 bits per heavy atom. The van der Waals surface area contributed by atoms with Crippen LogP contribution in [0.1, 0.15) is 11.1 Å². The van der Waals surface area contributed by atoms with Crippen molar-refractivity contribution in [3.8, 4) is 11.8 Å². The van der Waals surface area contributed by atoms with Gasteiger partial charge >= 0.3 is 0 Å². The third-order valence-corrected chi connectivity index (χ3v) is 3.55. The Morgan fingerprint density at radius 2 is 1.68 bits per heavy atom. The minimum atomic E-state index is 0.478. The molecule has 22 heavy (non-hydrogen) atoms. The summed E-state index contributed by atoms with van der Waals surface area (Å²) >= 11 is 5.84. The molecule has 2 heteroatoms. The third-order valence-electron chi connectivity index (χ3n) is 3.29. The highest BCUT2D eigenvalue weighted by Crippen LogP contribution is 2.17. The molecule has 0 radical (unpaired) electrons. The van der Waals surface area contributed by atoms with E-state index in [9.17, 15) is 0 Å². The van der Waals surface area contributed by atoms with Gasteiger partial charge in [0.2, 0.25) is 0 Å². The van der Waals surface area contributed by atoms with Crippen molar-refractivity contribution in [1.29, 1.82) is 0 Å².